The summed E-state index contributed by atoms with van der Waals surface area (Å²) < 4.78 is 5.83. The summed E-state index contributed by atoms with van der Waals surface area (Å²) in [5, 5.41) is 3.31. The maximum Gasteiger partial charge on any atom is 0.106 e. The van der Waals surface area contributed by atoms with E-state index in [2.05, 4.69) is 10.2 Å². The van der Waals surface area contributed by atoms with Gasteiger partial charge in [-0.1, -0.05) is 0 Å². The minimum absolute atomic E-state index is 0.202. The highest BCUT2D eigenvalue weighted by molar-refractivity contribution is 4.99. The zero-order valence-electron chi connectivity index (χ0n) is 8.09. The molecule has 0 aromatic heterocycles. The molecule has 1 saturated carbocycles. The largest absolute Gasteiger partial charge is 0.370 e. The van der Waals surface area contributed by atoms with Gasteiger partial charge in [0.25, 0.3) is 0 Å². The van der Waals surface area contributed by atoms with Crippen LogP contribution in [0.4, 0.5) is 0 Å². The van der Waals surface area contributed by atoms with E-state index in [0.29, 0.717) is 0 Å². The van der Waals surface area contributed by atoms with E-state index in [9.17, 15) is 0 Å². The molecular weight excluding hydrogens is 164 g/mol. The second kappa shape index (κ2) is 2.94. The van der Waals surface area contributed by atoms with Crippen LogP contribution in [0.25, 0.3) is 0 Å². The van der Waals surface area contributed by atoms with Crippen LogP contribution >= 0.6 is 0 Å². The number of rotatable bonds is 2. The van der Waals surface area contributed by atoms with Gasteiger partial charge in [-0.05, 0) is 18.8 Å². The van der Waals surface area contributed by atoms with Crippen LogP contribution in [-0.2, 0) is 4.74 Å². The molecule has 3 nitrogen and oxygen atoms in total. The predicted octanol–water partition coefficient (Wildman–Crippen LogP) is 0.0706. The molecule has 74 valence electrons. The summed E-state index contributed by atoms with van der Waals surface area (Å²) in [5.41, 5.74) is 0.202. The van der Waals surface area contributed by atoms with Crippen molar-refractivity contribution in [3.8, 4) is 0 Å². The highest BCUT2D eigenvalue weighted by atomic mass is 16.5. The van der Waals surface area contributed by atoms with Gasteiger partial charge in [0.2, 0.25) is 0 Å². The molecule has 0 atom stereocenters. The van der Waals surface area contributed by atoms with E-state index in [1.165, 1.54) is 19.4 Å². The van der Waals surface area contributed by atoms with Crippen LogP contribution in [0.2, 0.25) is 0 Å². The number of nitrogens with zero attached hydrogens (tertiary/aromatic N) is 1. The summed E-state index contributed by atoms with van der Waals surface area (Å²) in [6.07, 6.45) is 2.92. The molecule has 0 aromatic rings. The molecule has 0 amide bonds. The van der Waals surface area contributed by atoms with E-state index >= 15 is 0 Å². The molecule has 13 heavy (non-hydrogen) atoms. The Bertz CT molecular complexity index is 199. The first kappa shape index (κ1) is 8.21. The highest BCUT2D eigenvalue weighted by Crippen LogP contribution is 2.31. The number of morpholine rings is 1. The van der Waals surface area contributed by atoms with Gasteiger partial charge in [0, 0.05) is 32.7 Å². The van der Waals surface area contributed by atoms with Crippen LogP contribution in [-0.4, -0.2) is 49.8 Å². The lowest BCUT2D eigenvalue weighted by atomic mass is 9.94. The molecule has 3 heteroatoms. The molecule has 0 radical (unpaired) electrons. The molecule has 2 heterocycles. The Morgan fingerprint density at radius 2 is 2.23 bits per heavy atom. The van der Waals surface area contributed by atoms with Crippen molar-refractivity contribution < 1.29 is 4.74 Å². The van der Waals surface area contributed by atoms with Crippen LogP contribution < -0.4 is 5.32 Å². The maximum atomic E-state index is 5.83. The fraction of sp³-hybridized carbons (Fsp3) is 1.00. The smallest absolute Gasteiger partial charge is 0.106 e. The van der Waals surface area contributed by atoms with Gasteiger partial charge in [0.15, 0.2) is 0 Å². The minimum Gasteiger partial charge on any atom is -0.370 e. The summed E-state index contributed by atoms with van der Waals surface area (Å²) in [6, 6.07) is 0. The Morgan fingerprint density at radius 3 is 2.85 bits per heavy atom. The van der Waals surface area contributed by atoms with Crippen molar-refractivity contribution in [1.29, 1.82) is 0 Å². The van der Waals surface area contributed by atoms with Gasteiger partial charge >= 0.3 is 0 Å². The van der Waals surface area contributed by atoms with Crippen molar-refractivity contribution in [3.63, 3.8) is 0 Å². The second-order valence-electron chi connectivity index (χ2n) is 4.81. The summed E-state index contributed by atoms with van der Waals surface area (Å²) >= 11 is 0. The molecule has 3 fully saturated rings. The highest BCUT2D eigenvalue weighted by Gasteiger charge is 2.42. The fourth-order valence-corrected chi connectivity index (χ4v) is 2.36. The van der Waals surface area contributed by atoms with Crippen molar-refractivity contribution in [2.45, 2.75) is 18.4 Å². The van der Waals surface area contributed by atoms with Crippen LogP contribution in [0.1, 0.15) is 12.8 Å². The first-order valence-corrected chi connectivity index (χ1v) is 5.43. The van der Waals surface area contributed by atoms with Gasteiger partial charge in [0.05, 0.1) is 6.61 Å². The fourth-order valence-electron chi connectivity index (χ4n) is 2.36. The lowest BCUT2D eigenvalue weighted by molar-refractivity contribution is -0.135. The standard InChI is InChI=1S/C10H18N2O/c1-2-9(1)5-12-3-4-13-10(8-12)6-11-7-10/h9,11H,1-8H2. The van der Waals surface area contributed by atoms with Gasteiger partial charge in [-0.3, -0.25) is 4.90 Å². The van der Waals surface area contributed by atoms with E-state index in [1.54, 1.807) is 0 Å². The topological polar surface area (TPSA) is 24.5 Å². The van der Waals surface area contributed by atoms with Crippen molar-refractivity contribution in [3.05, 3.63) is 0 Å². The van der Waals surface area contributed by atoms with Crippen LogP contribution in [0, 0.1) is 5.92 Å². The SMILES string of the molecule is C1CN(CC2CC2)CC2(CNC2)O1. The lowest BCUT2D eigenvalue weighted by Gasteiger charge is -2.48. The van der Waals surface area contributed by atoms with Crippen LogP contribution in [0.5, 0.6) is 0 Å². The summed E-state index contributed by atoms with van der Waals surface area (Å²) in [5.74, 6) is 1.02. The third-order valence-electron chi connectivity index (χ3n) is 3.44. The van der Waals surface area contributed by atoms with Crippen LogP contribution in [0.15, 0.2) is 0 Å². The van der Waals surface area contributed by atoms with E-state index in [4.69, 9.17) is 4.74 Å². The molecule has 1 aliphatic carbocycles. The molecule has 1 spiro atoms. The molecule has 0 bridgehead atoms. The number of hydrogen-bond acceptors (Lipinski definition) is 3. The van der Waals surface area contributed by atoms with Crippen molar-refractivity contribution in [1.82, 2.24) is 10.2 Å². The molecule has 2 saturated heterocycles. The van der Waals surface area contributed by atoms with Gasteiger partial charge in [-0.2, -0.15) is 0 Å². The molecule has 3 rings (SSSR count). The predicted molar refractivity (Wildman–Crippen MR) is 50.7 cm³/mol. The zero-order chi connectivity index (χ0) is 8.73. The normalized spacial score (nSPS) is 33.2. The third-order valence-corrected chi connectivity index (χ3v) is 3.44. The Balaban J connectivity index is 1.56. The third kappa shape index (κ3) is 1.60. The van der Waals surface area contributed by atoms with Crippen LogP contribution in [0.3, 0.4) is 0 Å². The maximum absolute atomic E-state index is 5.83. The summed E-state index contributed by atoms with van der Waals surface area (Å²) in [7, 11) is 0. The quantitative estimate of drug-likeness (QED) is 0.654. The van der Waals surface area contributed by atoms with E-state index in [-0.39, 0.29) is 5.60 Å². The van der Waals surface area contributed by atoms with Gasteiger partial charge in [0.1, 0.15) is 5.60 Å². The zero-order valence-corrected chi connectivity index (χ0v) is 8.09. The number of nitrogens with one attached hydrogen (secondary N) is 1. The first-order chi connectivity index (χ1) is 6.36. The van der Waals surface area contributed by atoms with Gasteiger partial charge in [-0.15, -0.1) is 0 Å². The van der Waals surface area contributed by atoms with Gasteiger partial charge < -0.3 is 10.1 Å². The molecule has 0 aromatic carbocycles. The van der Waals surface area contributed by atoms with Crippen molar-refractivity contribution in [2.24, 2.45) is 5.92 Å². The Morgan fingerprint density at radius 1 is 1.38 bits per heavy atom. The summed E-state index contributed by atoms with van der Waals surface area (Å²) in [4.78, 5) is 2.60. The van der Waals surface area contributed by atoms with E-state index < -0.39 is 0 Å². The molecule has 3 aliphatic rings. The van der Waals surface area contributed by atoms with Crippen molar-refractivity contribution in [2.75, 3.05) is 39.3 Å². The molecule has 0 unspecified atom stereocenters. The van der Waals surface area contributed by atoms with Gasteiger partial charge in [-0.25, -0.2) is 0 Å². The number of ether oxygens (including phenoxy) is 1. The lowest BCUT2D eigenvalue weighted by Crippen LogP contribution is -2.68. The average Bonchev–Trinajstić information content (AvgIpc) is 2.86. The average molecular weight is 182 g/mol. The Kier molecular flexibility index (Phi) is 1.86. The molecular formula is C10H18N2O. The van der Waals surface area contributed by atoms with E-state index in [1.807, 2.05) is 0 Å². The number of hydrogen-bond donors (Lipinski definition) is 1. The molecule has 2 aliphatic heterocycles. The van der Waals surface area contributed by atoms with E-state index in [0.717, 1.165) is 38.7 Å². The first-order valence-electron chi connectivity index (χ1n) is 5.43. The second-order valence-corrected chi connectivity index (χ2v) is 4.81. The Hall–Kier alpha value is -0.120. The summed E-state index contributed by atoms with van der Waals surface area (Å²) in [6.45, 7) is 6.70. The Labute approximate surface area is 79.4 Å². The monoisotopic (exact) mass is 182 g/mol. The minimum atomic E-state index is 0.202. The molecule has 1 N–H and O–H groups in total. The van der Waals surface area contributed by atoms with Crippen molar-refractivity contribution >= 4 is 0 Å².